The maximum Gasteiger partial charge on any atom is 0.143 e. The molecule has 108 valence electrons. The van der Waals surface area contributed by atoms with Crippen molar-refractivity contribution in [2.24, 2.45) is 0 Å². The highest BCUT2D eigenvalue weighted by Gasteiger charge is 2.21. The van der Waals surface area contributed by atoms with Crippen molar-refractivity contribution in [1.82, 2.24) is 9.88 Å². The van der Waals surface area contributed by atoms with E-state index in [0.29, 0.717) is 23.6 Å². The number of morpholine rings is 1. The van der Waals surface area contributed by atoms with Gasteiger partial charge in [0.2, 0.25) is 0 Å². The third-order valence-corrected chi connectivity index (χ3v) is 3.37. The molecular formula is C15H22N4O. The highest BCUT2D eigenvalue weighted by atomic mass is 16.5. The normalized spacial score (nSPS) is 23.2. The molecule has 0 amide bonds. The van der Waals surface area contributed by atoms with Crippen LogP contribution < -0.4 is 5.32 Å². The van der Waals surface area contributed by atoms with E-state index in [9.17, 15) is 0 Å². The van der Waals surface area contributed by atoms with Crippen LogP contribution in [0.15, 0.2) is 18.3 Å². The van der Waals surface area contributed by atoms with E-state index in [1.165, 1.54) is 0 Å². The molecule has 5 heteroatoms. The van der Waals surface area contributed by atoms with Gasteiger partial charge < -0.3 is 10.1 Å². The molecule has 0 bridgehead atoms. The molecule has 1 aliphatic rings. The summed E-state index contributed by atoms with van der Waals surface area (Å²) in [5.41, 5.74) is 0.598. The Hall–Kier alpha value is -1.64. The van der Waals surface area contributed by atoms with Crippen molar-refractivity contribution in [3.8, 4) is 6.07 Å². The van der Waals surface area contributed by atoms with Crippen molar-refractivity contribution in [1.29, 1.82) is 5.26 Å². The lowest BCUT2D eigenvalue weighted by Gasteiger charge is -2.35. The summed E-state index contributed by atoms with van der Waals surface area (Å²) in [6.07, 6.45) is 3.36. The lowest BCUT2D eigenvalue weighted by molar-refractivity contribution is -0.0678. The first kappa shape index (κ1) is 14.8. The van der Waals surface area contributed by atoms with Crippen LogP contribution in [-0.4, -0.2) is 48.3 Å². The number of nitrogens with zero attached hydrogens (tertiary/aromatic N) is 3. The Morgan fingerprint density at radius 1 is 1.45 bits per heavy atom. The zero-order valence-electron chi connectivity index (χ0n) is 12.2. The minimum atomic E-state index is 0.313. The molecule has 1 N–H and O–H groups in total. The Balaban J connectivity index is 1.73. The van der Waals surface area contributed by atoms with E-state index in [-0.39, 0.29) is 0 Å². The smallest absolute Gasteiger partial charge is 0.143 e. The molecule has 5 nitrogen and oxygen atoms in total. The molecule has 0 radical (unpaired) electrons. The molecule has 1 aromatic rings. The van der Waals surface area contributed by atoms with Crippen molar-refractivity contribution in [2.75, 3.05) is 31.5 Å². The standard InChI is InChI=1S/C15H22N4O/c1-12-10-19(11-13(2)20-12)8-4-7-18-15-14(9-16)5-3-6-17-15/h3,5-6,12-13H,4,7-8,10-11H2,1-2H3,(H,17,18). The second kappa shape index (κ2) is 7.22. The van der Waals surface area contributed by atoms with Gasteiger partial charge in [-0.3, -0.25) is 4.90 Å². The van der Waals surface area contributed by atoms with Crippen LogP contribution in [0.5, 0.6) is 0 Å². The number of hydrogen-bond donors (Lipinski definition) is 1. The van der Waals surface area contributed by atoms with Gasteiger partial charge in [0, 0.05) is 32.4 Å². The van der Waals surface area contributed by atoms with E-state index >= 15 is 0 Å². The van der Waals surface area contributed by atoms with Crippen molar-refractivity contribution in [2.45, 2.75) is 32.5 Å². The van der Waals surface area contributed by atoms with Gasteiger partial charge in [0.25, 0.3) is 0 Å². The van der Waals surface area contributed by atoms with Gasteiger partial charge in [-0.2, -0.15) is 5.26 Å². The fourth-order valence-electron chi connectivity index (χ4n) is 2.61. The fourth-order valence-corrected chi connectivity index (χ4v) is 2.61. The molecule has 2 heterocycles. The van der Waals surface area contributed by atoms with E-state index in [0.717, 1.165) is 32.6 Å². The van der Waals surface area contributed by atoms with Gasteiger partial charge in [0.15, 0.2) is 0 Å². The van der Waals surface area contributed by atoms with Gasteiger partial charge in [-0.25, -0.2) is 4.98 Å². The van der Waals surface area contributed by atoms with Gasteiger partial charge in [-0.15, -0.1) is 0 Å². The summed E-state index contributed by atoms with van der Waals surface area (Å²) in [7, 11) is 0. The number of anilines is 1. The highest BCUT2D eigenvalue weighted by molar-refractivity contribution is 5.50. The molecular weight excluding hydrogens is 252 g/mol. The Kier molecular flexibility index (Phi) is 5.33. The first-order valence-corrected chi connectivity index (χ1v) is 7.16. The summed E-state index contributed by atoms with van der Waals surface area (Å²) >= 11 is 0. The highest BCUT2D eigenvalue weighted by Crippen LogP contribution is 2.12. The summed E-state index contributed by atoms with van der Waals surface area (Å²) in [5, 5.41) is 12.2. The molecule has 2 unspecified atom stereocenters. The number of pyridine rings is 1. The van der Waals surface area contributed by atoms with Gasteiger partial charge >= 0.3 is 0 Å². The molecule has 0 saturated carbocycles. The van der Waals surface area contributed by atoms with Crippen LogP contribution in [0.2, 0.25) is 0 Å². The summed E-state index contributed by atoms with van der Waals surface area (Å²) in [5.74, 6) is 0.679. The molecule has 0 aliphatic carbocycles. The number of rotatable bonds is 5. The minimum absolute atomic E-state index is 0.313. The van der Waals surface area contributed by atoms with Crippen LogP contribution in [-0.2, 0) is 4.74 Å². The Labute approximate surface area is 120 Å². The molecule has 0 spiro atoms. The van der Waals surface area contributed by atoms with Crippen LogP contribution in [0, 0.1) is 11.3 Å². The SMILES string of the molecule is CC1CN(CCCNc2ncccc2C#N)CC(C)O1. The number of nitriles is 1. The van der Waals surface area contributed by atoms with Gasteiger partial charge in [0.05, 0.1) is 17.8 Å². The number of nitrogens with one attached hydrogen (secondary N) is 1. The fraction of sp³-hybridized carbons (Fsp3) is 0.600. The summed E-state index contributed by atoms with van der Waals surface area (Å²) in [4.78, 5) is 6.63. The average molecular weight is 274 g/mol. The first-order valence-electron chi connectivity index (χ1n) is 7.16. The Morgan fingerprint density at radius 2 is 2.20 bits per heavy atom. The van der Waals surface area contributed by atoms with E-state index in [1.807, 2.05) is 0 Å². The van der Waals surface area contributed by atoms with Crippen molar-refractivity contribution >= 4 is 5.82 Å². The quantitative estimate of drug-likeness (QED) is 0.830. The van der Waals surface area contributed by atoms with Gasteiger partial charge in [-0.1, -0.05) is 0 Å². The van der Waals surface area contributed by atoms with Crippen molar-refractivity contribution in [3.63, 3.8) is 0 Å². The predicted octanol–water partition coefficient (Wildman–Crippen LogP) is 1.86. The van der Waals surface area contributed by atoms with Crippen LogP contribution in [0.1, 0.15) is 25.8 Å². The Morgan fingerprint density at radius 3 is 2.90 bits per heavy atom. The second-order valence-corrected chi connectivity index (χ2v) is 5.31. The maximum atomic E-state index is 8.99. The number of ether oxygens (including phenoxy) is 1. The number of aromatic nitrogens is 1. The van der Waals surface area contributed by atoms with Crippen LogP contribution in [0.3, 0.4) is 0 Å². The van der Waals surface area contributed by atoms with E-state index in [2.05, 4.69) is 35.1 Å². The van der Waals surface area contributed by atoms with E-state index in [1.54, 1.807) is 18.3 Å². The second-order valence-electron chi connectivity index (χ2n) is 5.31. The van der Waals surface area contributed by atoms with E-state index in [4.69, 9.17) is 10.00 Å². The van der Waals surface area contributed by atoms with Gasteiger partial charge in [-0.05, 0) is 32.4 Å². The van der Waals surface area contributed by atoms with Crippen molar-refractivity contribution in [3.05, 3.63) is 23.9 Å². The Bertz CT molecular complexity index is 461. The van der Waals surface area contributed by atoms with Crippen LogP contribution in [0.4, 0.5) is 5.82 Å². The lowest BCUT2D eigenvalue weighted by atomic mass is 10.2. The third kappa shape index (κ3) is 4.19. The zero-order valence-corrected chi connectivity index (χ0v) is 12.2. The summed E-state index contributed by atoms with van der Waals surface area (Å²) in [6, 6.07) is 5.70. The maximum absolute atomic E-state index is 8.99. The first-order chi connectivity index (χ1) is 9.69. The largest absolute Gasteiger partial charge is 0.373 e. The van der Waals surface area contributed by atoms with Gasteiger partial charge in [0.1, 0.15) is 11.9 Å². The molecule has 0 aromatic carbocycles. The van der Waals surface area contributed by atoms with Crippen molar-refractivity contribution < 1.29 is 4.74 Å². The topological polar surface area (TPSA) is 61.2 Å². The molecule has 1 saturated heterocycles. The average Bonchev–Trinajstić information content (AvgIpc) is 2.43. The molecule has 2 atom stereocenters. The van der Waals surface area contributed by atoms with Crippen LogP contribution >= 0.6 is 0 Å². The molecule has 20 heavy (non-hydrogen) atoms. The molecule has 1 fully saturated rings. The summed E-state index contributed by atoms with van der Waals surface area (Å²) < 4.78 is 5.72. The monoisotopic (exact) mass is 274 g/mol. The molecule has 1 aliphatic heterocycles. The molecule has 2 rings (SSSR count). The zero-order chi connectivity index (χ0) is 14.4. The lowest BCUT2D eigenvalue weighted by Crippen LogP contribution is -2.45. The van der Waals surface area contributed by atoms with Crippen LogP contribution in [0.25, 0.3) is 0 Å². The molecule has 1 aromatic heterocycles. The summed E-state index contributed by atoms with van der Waals surface area (Å²) in [6.45, 7) is 8.10. The van der Waals surface area contributed by atoms with E-state index < -0.39 is 0 Å². The number of hydrogen-bond acceptors (Lipinski definition) is 5. The third-order valence-electron chi connectivity index (χ3n) is 3.37. The predicted molar refractivity (Wildman–Crippen MR) is 78.5 cm³/mol. The minimum Gasteiger partial charge on any atom is -0.373 e.